The third-order valence-electron chi connectivity index (χ3n) is 5.02. The molecule has 8 nitrogen and oxygen atoms in total. The van der Waals surface area contributed by atoms with Crippen molar-refractivity contribution in [1.82, 2.24) is 15.0 Å². The van der Waals surface area contributed by atoms with Crippen LogP contribution >= 0.6 is 0 Å². The Morgan fingerprint density at radius 3 is 2.70 bits per heavy atom. The first-order valence-corrected chi connectivity index (χ1v) is 9.35. The Labute approximate surface area is 171 Å². The predicted octanol–water partition coefficient (Wildman–Crippen LogP) is 4.14. The van der Waals surface area contributed by atoms with E-state index in [1.165, 1.54) is 0 Å². The average Bonchev–Trinajstić information content (AvgIpc) is 3.45. The van der Waals surface area contributed by atoms with Crippen molar-refractivity contribution in [3.8, 4) is 11.5 Å². The number of methoxy groups -OCH3 is 2. The number of para-hydroxylation sites is 2. The molecule has 8 heteroatoms. The number of hydrogen-bond donors (Lipinski definition) is 4. The number of rotatable bonds is 5. The number of benzene rings is 2. The lowest BCUT2D eigenvalue weighted by Gasteiger charge is -2.08. The number of imidazole rings is 1. The van der Waals surface area contributed by atoms with Crippen molar-refractivity contribution in [1.29, 1.82) is 0 Å². The number of aromatic nitrogens is 3. The van der Waals surface area contributed by atoms with Gasteiger partial charge in [0.15, 0.2) is 0 Å². The third kappa shape index (κ3) is 2.86. The minimum atomic E-state index is -0.184. The van der Waals surface area contributed by atoms with Gasteiger partial charge in [0.2, 0.25) is 5.95 Å². The third-order valence-corrected chi connectivity index (χ3v) is 5.02. The number of amides is 1. The molecule has 4 N–H and O–H groups in total. The van der Waals surface area contributed by atoms with Gasteiger partial charge in [-0.05, 0) is 36.4 Å². The topological polar surface area (TPSA) is 104 Å². The quantitative estimate of drug-likeness (QED) is 0.376. The highest BCUT2D eigenvalue weighted by Crippen LogP contribution is 2.39. The zero-order valence-electron chi connectivity index (χ0n) is 16.4. The summed E-state index contributed by atoms with van der Waals surface area (Å²) in [5.41, 5.74) is 5.00. The number of nitrogens with one attached hydrogen (secondary N) is 4. The molecule has 3 heterocycles. The van der Waals surface area contributed by atoms with Gasteiger partial charge < -0.3 is 30.1 Å². The van der Waals surface area contributed by atoms with Crippen molar-refractivity contribution in [3.05, 3.63) is 59.9 Å². The fraction of sp³-hybridized carbons (Fsp3) is 0.0909. The van der Waals surface area contributed by atoms with Crippen LogP contribution in [-0.2, 0) is 4.79 Å². The van der Waals surface area contributed by atoms with Crippen LogP contribution in [0.2, 0.25) is 0 Å². The van der Waals surface area contributed by atoms with Crippen LogP contribution in [0.4, 0.5) is 17.3 Å². The maximum absolute atomic E-state index is 12.7. The first-order chi connectivity index (χ1) is 14.7. The van der Waals surface area contributed by atoms with E-state index in [4.69, 9.17) is 14.5 Å². The fourth-order valence-electron chi connectivity index (χ4n) is 3.63. The number of carbonyl (C=O) groups excluding carboxylic acids is 1. The first kappa shape index (κ1) is 17.9. The van der Waals surface area contributed by atoms with Crippen molar-refractivity contribution in [3.63, 3.8) is 0 Å². The molecule has 5 rings (SSSR count). The van der Waals surface area contributed by atoms with Gasteiger partial charge in [-0.15, -0.1) is 0 Å². The summed E-state index contributed by atoms with van der Waals surface area (Å²) in [6.45, 7) is 0. The molecular weight excluding hydrogens is 382 g/mol. The van der Waals surface area contributed by atoms with E-state index in [9.17, 15) is 4.79 Å². The molecule has 0 radical (unpaired) electrons. The van der Waals surface area contributed by atoms with Gasteiger partial charge in [-0.2, -0.15) is 0 Å². The average molecular weight is 401 g/mol. The van der Waals surface area contributed by atoms with Crippen LogP contribution in [0.15, 0.2) is 48.7 Å². The molecule has 4 aromatic rings. The lowest BCUT2D eigenvalue weighted by molar-refractivity contribution is -0.110. The number of nitrogens with zero attached hydrogens (tertiary/aromatic N) is 1. The van der Waals surface area contributed by atoms with Crippen molar-refractivity contribution < 1.29 is 14.3 Å². The van der Waals surface area contributed by atoms with Gasteiger partial charge in [0.1, 0.15) is 17.0 Å². The summed E-state index contributed by atoms with van der Waals surface area (Å²) in [5, 5.41) is 6.16. The highest BCUT2D eigenvalue weighted by molar-refractivity contribution is 6.37. The molecule has 0 saturated carbocycles. The maximum atomic E-state index is 12.7. The number of anilines is 3. The first-order valence-electron chi connectivity index (χ1n) is 9.35. The molecule has 150 valence electrons. The molecule has 30 heavy (non-hydrogen) atoms. The molecule has 1 amide bonds. The van der Waals surface area contributed by atoms with E-state index in [1.54, 1.807) is 26.5 Å². The second-order valence-electron chi connectivity index (χ2n) is 6.77. The number of H-pyrrole nitrogens is 2. The summed E-state index contributed by atoms with van der Waals surface area (Å²) in [5.74, 6) is 1.74. The minimum absolute atomic E-state index is 0.184. The Balaban J connectivity index is 1.60. The Morgan fingerprint density at radius 1 is 1.03 bits per heavy atom. The monoisotopic (exact) mass is 401 g/mol. The van der Waals surface area contributed by atoms with Gasteiger partial charge in [0.25, 0.3) is 5.91 Å². The summed E-state index contributed by atoms with van der Waals surface area (Å²) < 4.78 is 10.7. The summed E-state index contributed by atoms with van der Waals surface area (Å²) in [7, 11) is 3.21. The smallest absolute Gasteiger partial charge is 0.256 e. The van der Waals surface area contributed by atoms with Gasteiger partial charge in [-0.25, -0.2) is 4.98 Å². The molecule has 0 fully saturated rings. The standard InChI is InChI=1S/C22H19N5O3/c1-29-17-6-4-3-5-13(17)25-22-26-15-8-7-14-19(20(15)27-22)12(21(28)24-14)11-16-18(30-2)9-10-23-16/h3-11,23H,1-2H3,(H,24,28)(H2,25,26,27)/b12-11+. The van der Waals surface area contributed by atoms with E-state index < -0.39 is 0 Å². The van der Waals surface area contributed by atoms with Crippen LogP contribution in [0.3, 0.4) is 0 Å². The molecular formula is C22H19N5O3. The van der Waals surface area contributed by atoms with Crippen LogP contribution in [0.25, 0.3) is 22.7 Å². The largest absolute Gasteiger partial charge is 0.495 e. The number of carbonyl (C=O) groups is 1. The number of ether oxygens (including phenoxy) is 2. The van der Waals surface area contributed by atoms with Crippen LogP contribution in [0.5, 0.6) is 11.5 Å². The van der Waals surface area contributed by atoms with E-state index in [0.29, 0.717) is 28.5 Å². The Hall–Kier alpha value is -4.20. The zero-order valence-corrected chi connectivity index (χ0v) is 16.4. The van der Waals surface area contributed by atoms with Crippen molar-refractivity contribution in [2.24, 2.45) is 0 Å². The highest BCUT2D eigenvalue weighted by atomic mass is 16.5. The van der Waals surface area contributed by atoms with E-state index >= 15 is 0 Å². The molecule has 0 spiro atoms. The van der Waals surface area contributed by atoms with E-state index in [0.717, 1.165) is 28.1 Å². The van der Waals surface area contributed by atoms with E-state index in [-0.39, 0.29) is 5.91 Å². The minimum Gasteiger partial charge on any atom is -0.495 e. The van der Waals surface area contributed by atoms with Gasteiger partial charge in [-0.1, -0.05) is 12.1 Å². The zero-order chi connectivity index (χ0) is 20.7. The van der Waals surface area contributed by atoms with Crippen LogP contribution < -0.4 is 20.1 Å². The molecule has 0 atom stereocenters. The van der Waals surface area contributed by atoms with Crippen LogP contribution in [-0.4, -0.2) is 35.1 Å². The highest BCUT2D eigenvalue weighted by Gasteiger charge is 2.28. The Kier molecular flexibility index (Phi) is 4.17. The molecule has 0 aliphatic carbocycles. The van der Waals surface area contributed by atoms with Crippen molar-refractivity contribution in [2.75, 3.05) is 24.9 Å². The lowest BCUT2D eigenvalue weighted by Crippen LogP contribution is -2.03. The summed E-state index contributed by atoms with van der Waals surface area (Å²) in [4.78, 5) is 23.8. The summed E-state index contributed by atoms with van der Waals surface area (Å²) >= 11 is 0. The molecule has 0 saturated heterocycles. The number of aromatic amines is 2. The summed E-state index contributed by atoms with van der Waals surface area (Å²) in [6.07, 6.45) is 3.55. The van der Waals surface area contributed by atoms with E-state index in [2.05, 4.69) is 20.6 Å². The van der Waals surface area contributed by atoms with Gasteiger partial charge in [0.05, 0.1) is 42.4 Å². The lowest BCUT2D eigenvalue weighted by atomic mass is 10.0. The Bertz CT molecular complexity index is 1300. The second kappa shape index (κ2) is 7.00. The molecule has 1 aliphatic rings. The SMILES string of the molecule is COc1ccccc1Nc1nc2c3c(ccc2[nH]1)NC(=O)/C3=C/c1[nH]ccc1OC. The molecule has 0 unspecified atom stereocenters. The Morgan fingerprint density at radius 2 is 1.87 bits per heavy atom. The molecule has 2 aromatic heterocycles. The second-order valence-corrected chi connectivity index (χ2v) is 6.77. The number of hydrogen-bond acceptors (Lipinski definition) is 5. The van der Waals surface area contributed by atoms with E-state index in [1.807, 2.05) is 42.5 Å². The van der Waals surface area contributed by atoms with Crippen LogP contribution in [0.1, 0.15) is 11.3 Å². The molecule has 2 aromatic carbocycles. The molecule has 1 aliphatic heterocycles. The maximum Gasteiger partial charge on any atom is 0.256 e. The fourth-order valence-corrected chi connectivity index (χ4v) is 3.63. The number of fused-ring (bicyclic) bond motifs is 3. The normalized spacial score (nSPS) is 14.1. The van der Waals surface area contributed by atoms with Gasteiger partial charge in [-0.3, -0.25) is 4.79 Å². The van der Waals surface area contributed by atoms with Crippen molar-refractivity contribution >= 4 is 45.9 Å². The van der Waals surface area contributed by atoms with Crippen molar-refractivity contribution in [2.45, 2.75) is 0 Å². The predicted molar refractivity (Wildman–Crippen MR) is 116 cm³/mol. The van der Waals surface area contributed by atoms with Gasteiger partial charge >= 0.3 is 0 Å². The summed E-state index contributed by atoms with van der Waals surface area (Å²) in [6, 6.07) is 13.2. The molecule has 0 bridgehead atoms. The van der Waals surface area contributed by atoms with Gasteiger partial charge in [0, 0.05) is 11.8 Å². The van der Waals surface area contributed by atoms with Crippen LogP contribution in [0, 0.1) is 0 Å².